The van der Waals surface area contributed by atoms with Crippen molar-refractivity contribution in [1.82, 2.24) is 4.98 Å². The minimum Gasteiger partial charge on any atom is -0.358 e. The maximum atomic E-state index is 10.7. The maximum absolute atomic E-state index is 10.7. The Hall–Kier alpha value is -2.23. The lowest BCUT2D eigenvalue weighted by molar-refractivity contribution is -0.389. The van der Waals surface area contributed by atoms with E-state index in [0.717, 1.165) is 11.1 Å². The Labute approximate surface area is 92.7 Å². The second-order valence-electron chi connectivity index (χ2n) is 3.48. The highest BCUT2D eigenvalue weighted by Crippen LogP contribution is 2.23. The van der Waals surface area contributed by atoms with Gasteiger partial charge in [0.2, 0.25) is 0 Å². The normalized spacial score (nSPS) is 10.1. The molecule has 0 saturated heterocycles. The van der Waals surface area contributed by atoms with Crippen molar-refractivity contribution < 1.29 is 4.92 Å². The molecule has 0 unspecified atom stereocenters. The number of pyridine rings is 1. The average Bonchev–Trinajstić information content (AvgIpc) is 2.29. The zero-order valence-electron chi connectivity index (χ0n) is 8.75. The van der Waals surface area contributed by atoms with Crippen LogP contribution in [0.4, 0.5) is 5.82 Å². The molecular weight excluding hydrogens is 204 g/mol. The van der Waals surface area contributed by atoms with Crippen molar-refractivity contribution in [2.45, 2.75) is 6.92 Å². The van der Waals surface area contributed by atoms with Gasteiger partial charge in [-0.25, -0.2) is 0 Å². The molecule has 1 heterocycles. The van der Waals surface area contributed by atoms with Crippen molar-refractivity contribution >= 4 is 5.82 Å². The van der Waals surface area contributed by atoms with Gasteiger partial charge in [0, 0.05) is 13.0 Å². The Kier molecular flexibility index (Phi) is 2.64. The first kappa shape index (κ1) is 10.3. The van der Waals surface area contributed by atoms with Gasteiger partial charge in [-0.2, -0.15) is 0 Å². The molecule has 0 saturated carbocycles. The van der Waals surface area contributed by atoms with Crippen LogP contribution in [0.2, 0.25) is 0 Å². The molecule has 1 aromatic carbocycles. The maximum Gasteiger partial charge on any atom is 0.364 e. The lowest BCUT2D eigenvalue weighted by Gasteiger charge is -2.01. The van der Waals surface area contributed by atoms with E-state index in [1.54, 1.807) is 6.92 Å². The van der Waals surface area contributed by atoms with Gasteiger partial charge in [0.25, 0.3) is 0 Å². The van der Waals surface area contributed by atoms with Gasteiger partial charge in [0.15, 0.2) is 5.69 Å². The second kappa shape index (κ2) is 4.10. The van der Waals surface area contributed by atoms with Crippen molar-refractivity contribution in [1.29, 1.82) is 0 Å². The van der Waals surface area contributed by atoms with Gasteiger partial charge < -0.3 is 10.1 Å². The molecule has 2 rings (SSSR count). The highest BCUT2D eigenvalue weighted by molar-refractivity contribution is 5.65. The molecule has 4 heteroatoms. The molecule has 0 N–H and O–H groups in total. The number of hydrogen-bond donors (Lipinski definition) is 0. The Morgan fingerprint density at radius 1 is 1.12 bits per heavy atom. The van der Waals surface area contributed by atoms with Gasteiger partial charge >= 0.3 is 5.82 Å². The predicted molar refractivity (Wildman–Crippen MR) is 61.1 cm³/mol. The Morgan fingerprint density at radius 2 is 1.81 bits per heavy atom. The molecule has 0 aliphatic heterocycles. The van der Waals surface area contributed by atoms with Gasteiger partial charge in [0.05, 0.1) is 0 Å². The highest BCUT2D eigenvalue weighted by atomic mass is 16.6. The van der Waals surface area contributed by atoms with Crippen LogP contribution in [0.25, 0.3) is 11.1 Å². The quantitative estimate of drug-likeness (QED) is 0.570. The number of benzene rings is 1. The van der Waals surface area contributed by atoms with Crippen LogP contribution in [-0.4, -0.2) is 9.91 Å². The van der Waals surface area contributed by atoms with E-state index in [1.807, 2.05) is 36.4 Å². The van der Waals surface area contributed by atoms with Crippen LogP contribution < -0.4 is 0 Å². The van der Waals surface area contributed by atoms with E-state index in [-0.39, 0.29) is 5.82 Å². The van der Waals surface area contributed by atoms with E-state index < -0.39 is 4.92 Å². The molecule has 0 atom stereocenters. The fourth-order valence-electron chi connectivity index (χ4n) is 1.54. The van der Waals surface area contributed by atoms with Crippen LogP contribution in [0.5, 0.6) is 0 Å². The van der Waals surface area contributed by atoms with Crippen LogP contribution in [0, 0.1) is 17.0 Å². The van der Waals surface area contributed by atoms with Crippen molar-refractivity contribution in [3.05, 3.63) is 58.3 Å². The van der Waals surface area contributed by atoms with Gasteiger partial charge in [0.1, 0.15) is 0 Å². The van der Waals surface area contributed by atoms with Gasteiger partial charge in [-0.15, -0.1) is 0 Å². The minimum atomic E-state index is -0.473. The first-order valence-corrected chi connectivity index (χ1v) is 4.85. The van der Waals surface area contributed by atoms with Crippen molar-refractivity contribution in [2.75, 3.05) is 0 Å². The summed E-state index contributed by atoms with van der Waals surface area (Å²) in [6.45, 7) is 1.75. The van der Waals surface area contributed by atoms with Crippen LogP contribution in [0.3, 0.4) is 0 Å². The fraction of sp³-hybridized carbons (Fsp3) is 0.0833. The van der Waals surface area contributed by atoms with E-state index >= 15 is 0 Å². The van der Waals surface area contributed by atoms with Crippen LogP contribution in [0.15, 0.2) is 42.5 Å². The summed E-state index contributed by atoms with van der Waals surface area (Å²) in [6, 6.07) is 12.9. The number of hydrogen-bond acceptors (Lipinski definition) is 3. The molecule has 2 aromatic rings. The summed E-state index contributed by atoms with van der Waals surface area (Å²) in [7, 11) is 0. The lowest BCUT2D eigenvalue weighted by atomic mass is 10.1. The van der Waals surface area contributed by atoms with Gasteiger partial charge in [-0.3, -0.25) is 0 Å². The largest absolute Gasteiger partial charge is 0.364 e. The van der Waals surface area contributed by atoms with E-state index in [2.05, 4.69) is 4.98 Å². The SMILES string of the molecule is Cc1cc(-c2ccccc2)cc([N+](=O)[O-])n1. The van der Waals surface area contributed by atoms with Crippen LogP contribution >= 0.6 is 0 Å². The zero-order chi connectivity index (χ0) is 11.5. The fourth-order valence-corrected chi connectivity index (χ4v) is 1.54. The predicted octanol–water partition coefficient (Wildman–Crippen LogP) is 2.97. The molecule has 4 nitrogen and oxygen atoms in total. The molecule has 0 aliphatic rings. The number of nitro groups is 1. The van der Waals surface area contributed by atoms with Crippen molar-refractivity contribution in [3.8, 4) is 11.1 Å². The van der Waals surface area contributed by atoms with Crippen molar-refractivity contribution in [2.24, 2.45) is 0 Å². The second-order valence-corrected chi connectivity index (χ2v) is 3.48. The standard InChI is InChI=1S/C12H10N2O2/c1-9-7-11(8-12(13-9)14(15)16)10-5-3-2-4-6-10/h2-8H,1H3. The summed E-state index contributed by atoms with van der Waals surface area (Å²) in [5, 5.41) is 10.7. The van der Waals surface area contributed by atoms with Gasteiger partial charge in [-0.1, -0.05) is 30.3 Å². The minimum absolute atomic E-state index is 0.112. The first-order chi connectivity index (χ1) is 7.66. The van der Waals surface area contributed by atoms with Crippen LogP contribution in [0.1, 0.15) is 5.69 Å². The molecule has 0 amide bonds. The zero-order valence-corrected chi connectivity index (χ0v) is 8.75. The molecule has 0 bridgehead atoms. The molecule has 16 heavy (non-hydrogen) atoms. The molecule has 0 fully saturated rings. The third-order valence-electron chi connectivity index (χ3n) is 2.23. The molecular formula is C12H10N2O2. The summed E-state index contributed by atoms with van der Waals surface area (Å²) < 4.78 is 0. The monoisotopic (exact) mass is 214 g/mol. The number of aromatic nitrogens is 1. The average molecular weight is 214 g/mol. The summed E-state index contributed by atoms with van der Waals surface area (Å²) in [4.78, 5) is 14.1. The third kappa shape index (κ3) is 2.06. The molecule has 80 valence electrons. The highest BCUT2D eigenvalue weighted by Gasteiger charge is 2.11. The number of rotatable bonds is 2. The summed E-state index contributed by atoms with van der Waals surface area (Å²) >= 11 is 0. The first-order valence-electron chi connectivity index (χ1n) is 4.85. The van der Waals surface area contributed by atoms with E-state index in [1.165, 1.54) is 6.07 Å². The Bertz CT molecular complexity index is 524. The number of aryl methyl sites for hydroxylation is 1. The smallest absolute Gasteiger partial charge is 0.358 e. The summed E-state index contributed by atoms with van der Waals surface area (Å²) in [5.74, 6) is -0.112. The van der Waals surface area contributed by atoms with Gasteiger partial charge in [-0.05, 0) is 27.1 Å². The Morgan fingerprint density at radius 3 is 2.44 bits per heavy atom. The number of nitrogens with zero attached hydrogens (tertiary/aromatic N) is 2. The van der Waals surface area contributed by atoms with E-state index in [4.69, 9.17) is 0 Å². The van der Waals surface area contributed by atoms with E-state index in [9.17, 15) is 10.1 Å². The van der Waals surface area contributed by atoms with Crippen molar-refractivity contribution in [3.63, 3.8) is 0 Å². The Balaban J connectivity index is 2.54. The molecule has 0 aliphatic carbocycles. The third-order valence-corrected chi connectivity index (χ3v) is 2.23. The van der Waals surface area contributed by atoms with E-state index in [0.29, 0.717) is 5.69 Å². The summed E-state index contributed by atoms with van der Waals surface area (Å²) in [6.07, 6.45) is 0. The lowest BCUT2D eigenvalue weighted by Crippen LogP contribution is -1.94. The molecule has 0 spiro atoms. The summed E-state index contributed by atoms with van der Waals surface area (Å²) in [5.41, 5.74) is 2.42. The van der Waals surface area contributed by atoms with Crippen LogP contribution in [-0.2, 0) is 0 Å². The molecule has 0 radical (unpaired) electrons. The molecule has 1 aromatic heterocycles. The topological polar surface area (TPSA) is 56.0 Å².